The van der Waals surface area contributed by atoms with Crippen LogP contribution in [0.4, 0.5) is 0 Å². The second-order valence-electron chi connectivity index (χ2n) is 4.32. The van der Waals surface area contributed by atoms with Gasteiger partial charge in [0.1, 0.15) is 6.04 Å². The molecule has 0 aliphatic carbocycles. The number of carbonyl (C=O) groups is 1. The maximum atomic E-state index is 11.0. The number of amides is 1. The van der Waals surface area contributed by atoms with E-state index in [2.05, 4.69) is 5.32 Å². The molecule has 0 unspecified atom stereocenters. The van der Waals surface area contributed by atoms with Crippen molar-refractivity contribution in [3.8, 4) is 0 Å². The molecule has 2 saturated heterocycles. The van der Waals surface area contributed by atoms with Crippen molar-refractivity contribution in [3.63, 3.8) is 0 Å². The van der Waals surface area contributed by atoms with Crippen LogP contribution >= 0.6 is 0 Å². The van der Waals surface area contributed by atoms with Crippen molar-refractivity contribution >= 4 is 5.91 Å². The largest absolute Gasteiger partial charge is 0.394 e. The van der Waals surface area contributed by atoms with Crippen LogP contribution in [0, 0.1) is 0 Å². The van der Waals surface area contributed by atoms with Gasteiger partial charge < -0.3 is 16.2 Å². The van der Waals surface area contributed by atoms with E-state index in [-0.39, 0.29) is 12.1 Å². The molecule has 0 aromatic heterocycles. The first-order valence-corrected chi connectivity index (χ1v) is 5.06. The first-order chi connectivity index (χ1) is 6.67. The number of nitrogens with one attached hydrogen (secondary N) is 1. The molecule has 0 aromatic rings. The molecule has 4 N–H and O–H groups in total. The summed E-state index contributed by atoms with van der Waals surface area (Å²) in [5.74, 6) is -0.430. The van der Waals surface area contributed by atoms with E-state index in [0.717, 1.165) is 19.6 Å². The van der Waals surface area contributed by atoms with Crippen LogP contribution in [0.15, 0.2) is 0 Å². The topological polar surface area (TPSA) is 78.6 Å². The zero-order chi connectivity index (χ0) is 10.2. The number of nitrogens with two attached hydrogens (primary N) is 1. The minimum atomic E-state index is -0.497. The van der Waals surface area contributed by atoms with Crippen LogP contribution in [-0.4, -0.2) is 53.7 Å². The van der Waals surface area contributed by atoms with Crippen LogP contribution < -0.4 is 11.1 Å². The number of hydrogen-bond donors (Lipinski definition) is 3. The van der Waals surface area contributed by atoms with E-state index in [9.17, 15) is 4.79 Å². The fraction of sp³-hybridized carbons (Fsp3) is 0.889. The molecule has 0 aromatic carbocycles. The SMILES string of the molecule is NC(=O)[C@H](CO)N1CC2(CCCN2)C1. The van der Waals surface area contributed by atoms with Gasteiger partial charge in [-0.15, -0.1) is 0 Å². The van der Waals surface area contributed by atoms with Crippen molar-refractivity contribution in [3.05, 3.63) is 0 Å². The Labute approximate surface area is 83.3 Å². The van der Waals surface area contributed by atoms with Crippen molar-refractivity contribution in [1.29, 1.82) is 0 Å². The number of carbonyl (C=O) groups excluding carboxylic acids is 1. The molecule has 2 heterocycles. The Balaban J connectivity index is 1.89. The van der Waals surface area contributed by atoms with Crippen molar-refractivity contribution < 1.29 is 9.90 Å². The zero-order valence-corrected chi connectivity index (χ0v) is 8.20. The molecule has 2 aliphatic rings. The number of hydrogen-bond acceptors (Lipinski definition) is 4. The van der Waals surface area contributed by atoms with Crippen molar-refractivity contribution in [2.75, 3.05) is 26.2 Å². The van der Waals surface area contributed by atoms with Gasteiger partial charge in [0, 0.05) is 18.6 Å². The number of aliphatic hydroxyl groups is 1. The maximum Gasteiger partial charge on any atom is 0.237 e. The van der Waals surface area contributed by atoms with Gasteiger partial charge >= 0.3 is 0 Å². The highest BCUT2D eigenvalue weighted by molar-refractivity contribution is 5.80. The Morgan fingerprint density at radius 2 is 2.36 bits per heavy atom. The third-order valence-electron chi connectivity index (χ3n) is 3.29. The van der Waals surface area contributed by atoms with Gasteiger partial charge in [0.05, 0.1) is 6.61 Å². The van der Waals surface area contributed by atoms with Crippen molar-refractivity contribution in [1.82, 2.24) is 10.2 Å². The quantitative estimate of drug-likeness (QED) is 0.505. The van der Waals surface area contributed by atoms with Gasteiger partial charge in [-0.1, -0.05) is 0 Å². The highest BCUT2D eigenvalue weighted by atomic mass is 16.3. The highest BCUT2D eigenvalue weighted by Crippen LogP contribution is 2.30. The predicted octanol–water partition coefficient (Wildman–Crippen LogP) is -1.73. The molecule has 5 heteroatoms. The van der Waals surface area contributed by atoms with E-state index in [4.69, 9.17) is 10.8 Å². The Morgan fingerprint density at radius 3 is 2.79 bits per heavy atom. The Bertz CT molecular complexity index is 230. The van der Waals surface area contributed by atoms with Crippen LogP contribution in [0.5, 0.6) is 0 Å². The maximum absolute atomic E-state index is 11.0. The standard InChI is InChI=1S/C9H17N3O2/c10-8(14)7(4-13)12-5-9(6-12)2-1-3-11-9/h7,11,13H,1-6H2,(H2,10,14)/t7-/m0/s1. The number of likely N-dealkylation sites (tertiary alicyclic amines) is 1. The second-order valence-corrected chi connectivity index (χ2v) is 4.32. The highest BCUT2D eigenvalue weighted by Gasteiger charge is 2.47. The number of primary amides is 1. The second kappa shape index (κ2) is 3.49. The number of rotatable bonds is 3. The third-order valence-corrected chi connectivity index (χ3v) is 3.29. The van der Waals surface area contributed by atoms with Gasteiger partial charge in [-0.05, 0) is 19.4 Å². The minimum absolute atomic E-state index is 0.175. The number of nitrogens with zero attached hydrogens (tertiary/aromatic N) is 1. The zero-order valence-electron chi connectivity index (χ0n) is 8.20. The smallest absolute Gasteiger partial charge is 0.237 e. The molecule has 5 nitrogen and oxygen atoms in total. The van der Waals surface area contributed by atoms with E-state index >= 15 is 0 Å². The minimum Gasteiger partial charge on any atom is -0.394 e. The lowest BCUT2D eigenvalue weighted by atomic mass is 9.87. The van der Waals surface area contributed by atoms with Crippen LogP contribution in [-0.2, 0) is 4.79 Å². The average molecular weight is 199 g/mol. The summed E-state index contributed by atoms with van der Waals surface area (Å²) >= 11 is 0. The van der Waals surface area contributed by atoms with Crippen LogP contribution in [0.3, 0.4) is 0 Å². The molecule has 0 saturated carbocycles. The summed E-state index contributed by atoms with van der Waals surface area (Å²) in [6.07, 6.45) is 2.37. The van der Waals surface area contributed by atoms with E-state index in [1.165, 1.54) is 12.8 Å². The summed E-state index contributed by atoms with van der Waals surface area (Å²) < 4.78 is 0. The first-order valence-electron chi connectivity index (χ1n) is 5.06. The van der Waals surface area contributed by atoms with Crippen LogP contribution in [0.1, 0.15) is 12.8 Å². The Hall–Kier alpha value is -0.650. The van der Waals surface area contributed by atoms with Gasteiger partial charge in [0.2, 0.25) is 5.91 Å². The molecular weight excluding hydrogens is 182 g/mol. The van der Waals surface area contributed by atoms with Crippen molar-refractivity contribution in [2.45, 2.75) is 24.4 Å². The molecule has 2 rings (SSSR count). The summed E-state index contributed by atoms with van der Waals surface area (Å²) in [7, 11) is 0. The molecule has 2 fully saturated rings. The first kappa shape index (κ1) is 9.89. The molecule has 1 amide bonds. The predicted molar refractivity (Wildman–Crippen MR) is 51.6 cm³/mol. The summed E-state index contributed by atoms with van der Waals surface area (Å²) in [5, 5.41) is 12.4. The van der Waals surface area contributed by atoms with Crippen molar-refractivity contribution in [2.24, 2.45) is 5.73 Å². The molecule has 0 bridgehead atoms. The number of aliphatic hydroxyl groups excluding tert-OH is 1. The molecule has 80 valence electrons. The fourth-order valence-corrected chi connectivity index (χ4v) is 2.48. The summed E-state index contributed by atoms with van der Waals surface area (Å²) in [6.45, 7) is 2.56. The van der Waals surface area contributed by atoms with Gasteiger partial charge in [0.25, 0.3) is 0 Å². The molecule has 0 radical (unpaired) electrons. The Kier molecular flexibility index (Phi) is 2.47. The molecule has 1 spiro atoms. The molecule has 1 atom stereocenters. The summed E-state index contributed by atoms with van der Waals surface area (Å²) in [4.78, 5) is 12.9. The molecule has 14 heavy (non-hydrogen) atoms. The van der Waals surface area contributed by atoms with E-state index in [1.807, 2.05) is 4.90 Å². The van der Waals surface area contributed by atoms with E-state index < -0.39 is 11.9 Å². The monoisotopic (exact) mass is 199 g/mol. The molecular formula is C9H17N3O2. The molecule has 2 aliphatic heterocycles. The summed E-state index contributed by atoms with van der Waals surface area (Å²) in [5.41, 5.74) is 5.39. The van der Waals surface area contributed by atoms with Gasteiger partial charge in [0.15, 0.2) is 0 Å². The third kappa shape index (κ3) is 1.51. The summed E-state index contributed by atoms with van der Waals surface area (Å²) in [6, 6.07) is -0.497. The van der Waals surface area contributed by atoms with E-state index in [0.29, 0.717) is 0 Å². The lowest BCUT2D eigenvalue weighted by Gasteiger charge is -2.50. The fourth-order valence-electron chi connectivity index (χ4n) is 2.48. The Morgan fingerprint density at radius 1 is 1.64 bits per heavy atom. The normalized spacial score (nSPS) is 27.5. The average Bonchev–Trinajstić information content (AvgIpc) is 2.52. The van der Waals surface area contributed by atoms with Gasteiger partial charge in [-0.3, -0.25) is 9.69 Å². The van der Waals surface area contributed by atoms with Crippen LogP contribution in [0.25, 0.3) is 0 Å². The lowest BCUT2D eigenvalue weighted by Crippen LogP contribution is -2.71. The van der Waals surface area contributed by atoms with Gasteiger partial charge in [-0.2, -0.15) is 0 Å². The van der Waals surface area contributed by atoms with Crippen LogP contribution in [0.2, 0.25) is 0 Å². The van der Waals surface area contributed by atoms with Gasteiger partial charge in [-0.25, -0.2) is 0 Å². The lowest BCUT2D eigenvalue weighted by molar-refractivity contribution is -0.128. The van der Waals surface area contributed by atoms with E-state index in [1.54, 1.807) is 0 Å².